The second kappa shape index (κ2) is 3.12. The summed E-state index contributed by atoms with van der Waals surface area (Å²) in [4.78, 5) is 0. The molecule has 0 bridgehead atoms. The number of H-pyrrole nitrogens is 1. The van der Waals surface area contributed by atoms with Crippen LogP contribution in [0.2, 0.25) is 0 Å². The Morgan fingerprint density at radius 3 is 3.00 bits per heavy atom. The van der Waals surface area contributed by atoms with Crippen LogP contribution in [-0.4, -0.2) is 16.7 Å². The molecule has 0 atom stereocenters. The smallest absolute Gasteiger partial charge is 0.151 e. The van der Waals surface area contributed by atoms with Gasteiger partial charge in [0.15, 0.2) is 5.82 Å². The summed E-state index contributed by atoms with van der Waals surface area (Å²) in [5, 5.41) is 10.7. The molecule has 0 fully saturated rings. The van der Waals surface area contributed by atoms with E-state index in [2.05, 4.69) is 46.7 Å². The zero-order valence-electron chi connectivity index (χ0n) is 8.67. The zero-order valence-corrected chi connectivity index (χ0v) is 8.67. The molecule has 2 aromatic rings. The van der Waals surface area contributed by atoms with Crippen LogP contribution < -0.4 is 5.32 Å². The third kappa shape index (κ3) is 1.23. The average Bonchev–Trinajstić information content (AvgIpc) is 2.80. The van der Waals surface area contributed by atoms with Gasteiger partial charge in [-0.1, -0.05) is 24.3 Å². The number of hydrogen-bond donors (Lipinski definition) is 2. The van der Waals surface area contributed by atoms with Crippen molar-refractivity contribution >= 4 is 5.82 Å². The van der Waals surface area contributed by atoms with Gasteiger partial charge < -0.3 is 5.32 Å². The van der Waals surface area contributed by atoms with E-state index in [1.807, 2.05) is 0 Å². The Balaban J connectivity index is 2.17. The minimum absolute atomic E-state index is 1.01. The third-order valence-corrected chi connectivity index (χ3v) is 2.95. The zero-order chi connectivity index (χ0) is 10.3. The molecule has 1 aliphatic heterocycles. The van der Waals surface area contributed by atoms with E-state index in [1.54, 1.807) is 0 Å². The van der Waals surface area contributed by atoms with Gasteiger partial charge >= 0.3 is 0 Å². The molecule has 1 aromatic heterocycles. The van der Waals surface area contributed by atoms with Crippen molar-refractivity contribution in [3.05, 3.63) is 35.4 Å². The minimum atomic E-state index is 1.01. The molecule has 0 radical (unpaired) electrons. The molecule has 0 saturated heterocycles. The van der Waals surface area contributed by atoms with Crippen molar-refractivity contribution in [3.63, 3.8) is 0 Å². The maximum Gasteiger partial charge on any atom is 0.151 e. The second-order valence-electron chi connectivity index (χ2n) is 3.92. The van der Waals surface area contributed by atoms with E-state index < -0.39 is 0 Å². The van der Waals surface area contributed by atoms with Crippen molar-refractivity contribution in [2.75, 3.05) is 11.9 Å². The molecule has 2 N–H and O–H groups in total. The highest BCUT2D eigenvalue weighted by Crippen LogP contribution is 2.31. The molecule has 1 aromatic carbocycles. The summed E-state index contributed by atoms with van der Waals surface area (Å²) in [6, 6.07) is 8.40. The lowest BCUT2D eigenvalue weighted by atomic mass is 10.0. The lowest BCUT2D eigenvalue weighted by Crippen LogP contribution is -1.95. The molecule has 3 heteroatoms. The van der Waals surface area contributed by atoms with Gasteiger partial charge in [0.05, 0.1) is 5.69 Å². The van der Waals surface area contributed by atoms with E-state index in [4.69, 9.17) is 0 Å². The number of anilines is 1. The van der Waals surface area contributed by atoms with Gasteiger partial charge in [-0.3, -0.25) is 5.10 Å². The van der Waals surface area contributed by atoms with Crippen molar-refractivity contribution in [3.8, 4) is 11.3 Å². The normalized spacial score (nSPS) is 13.7. The largest absolute Gasteiger partial charge is 0.368 e. The van der Waals surface area contributed by atoms with E-state index >= 15 is 0 Å². The fraction of sp³-hybridized carbons (Fsp3) is 0.250. The third-order valence-electron chi connectivity index (χ3n) is 2.95. The number of nitrogens with one attached hydrogen (secondary N) is 2. The predicted molar refractivity (Wildman–Crippen MR) is 61.0 cm³/mol. The maximum atomic E-state index is 4.28. The first-order chi connectivity index (χ1) is 7.36. The summed E-state index contributed by atoms with van der Waals surface area (Å²) < 4.78 is 0. The number of fused-ring (bicyclic) bond motifs is 1. The van der Waals surface area contributed by atoms with Crippen molar-refractivity contribution in [1.82, 2.24) is 10.2 Å². The summed E-state index contributed by atoms with van der Waals surface area (Å²) in [6.45, 7) is 3.14. The Labute approximate surface area is 88.5 Å². The van der Waals surface area contributed by atoms with Gasteiger partial charge in [-0.2, -0.15) is 5.10 Å². The highest BCUT2D eigenvalue weighted by Gasteiger charge is 2.19. The average molecular weight is 199 g/mol. The Morgan fingerprint density at radius 1 is 1.27 bits per heavy atom. The number of benzene rings is 1. The fourth-order valence-electron chi connectivity index (χ4n) is 2.14. The van der Waals surface area contributed by atoms with Gasteiger partial charge in [0.1, 0.15) is 0 Å². The van der Waals surface area contributed by atoms with Crippen molar-refractivity contribution in [1.29, 1.82) is 0 Å². The molecule has 0 saturated carbocycles. The SMILES string of the molecule is Cc1ccccc1-c1[nH]nc2c1CCN2. The summed E-state index contributed by atoms with van der Waals surface area (Å²) in [5.41, 5.74) is 5.04. The molecular formula is C12H13N3. The summed E-state index contributed by atoms with van der Waals surface area (Å²) in [5.74, 6) is 1.02. The molecule has 2 heterocycles. The summed E-state index contributed by atoms with van der Waals surface area (Å²) in [7, 11) is 0. The van der Waals surface area contributed by atoms with Gasteiger partial charge in [-0.05, 0) is 18.9 Å². The van der Waals surface area contributed by atoms with Crippen LogP contribution in [0.25, 0.3) is 11.3 Å². The van der Waals surface area contributed by atoms with Crippen molar-refractivity contribution in [2.24, 2.45) is 0 Å². The molecule has 1 aliphatic rings. The van der Waals surface area contributed by atoms with Gasteiger partial charge in [-0.15, -0.1) is 0 Å². The molecule has 0 unspecified atom stereocenters. The number of hydrogen-bond acceptors (Lipinski definition) is 2. The molecule has 0 aliphatic carbocycles. The van der Waals surface area contributed by atoms with E-state index in [1.165, 1.54) is 22.4 Å². The van der Waals surface area contributed by atoms with Crippen LogP contribution in [0.15, 0.2) is 24.3 Å². The molecule has 3 nitrogen and oxygen atoms in total. The standard InChI is InChI=1S/C12H13N3/c1-8-4-2-3-5-9(8)11-10-6-7-13-12(10)15-14-11/h2-5H,6-7H2,1H3,(H2,13,14,15). The van der Waals surface area contributed by atoms with E-state index in [-0.39, 0.29) is 0 Å². The van der Waals surface area contributed by atoms with Crippen LogP contribution in [0.4, 0.5) is 5.82 Å². The first-order valence-electron chi connectivity index (χ1n) is 5.23. The molecule has 76 valence electrons. The molecular weight excluding hydrogens is 186 g/mol. The van der Waals surface area contributed by atoms with Crippen LogP contribution in [0.1, 0.15) is 11.1 Å². The van der Waals surface area contributed by atoms with Crippen LogP contribution in [0, 0.1) is 6.92 Å². The fourth-order valence-corrected chi connectivity index (χ4v) is 2.14. The van der Waals surface area contributed by atoms with Gasteiger partial charge in [-0.25, -0.2) is 0 Å². The Hall–Kier alpha value is -1.77. The number of aryl methyl sites for hydroxylation is 1. The summed E-state index contributed by atoms with van der Waals surface area (Å²) >= 11 is 0. The number of nitrogens with zero attached hydrogens (tertiary/aromatic N) is 1. The number of aromatic nitrogens is 2. The Kier molecular flexibility index (Phi) is 1.78. The monoisotopic (exact) mass is 199 g/mol. The van der Waals surface area contributed by atoms with Gasteiger partial charge in [0.2, 0.25) is 0 Å². The van der Waals surface area contributed by atoms with Crippen LogP contribution in [0.3, 0.4) is 0 Å². The van der Waals surface area contributed by atoms with Crippen LogP contribution in [-0.2, 0) is 6.42 Å². The van der Waals surface area contributed by atoms with Crippen molar-refractivity contribution < 1.29 is 0 Å². The molecule has 15 heavy (non-hydrogen) atoms. The topological polar surface area (TPSA) is 40.7 Å². The highest BCUT2D eigenvalue weighted by atomic mass is 15.2. The maximum absolute atomic E-state index is 4.28. The highest BCUT2D eigenvalue weighted by molar-refractivity contribution is 5.72. The van der Waals surface area contributed by atoms with Gasteiger partial charge in [0.25, 0.3) is 0 Å². The lowest BCUT2D eigenvalue weighted by molar-refractivity contribution is 1.04. The first kappa shape index (κ1) is 8.53. The number of aromatic amines is 1. The van der Waals surface area contributed by atoms with Crippen molar-refractivity contribution in [2.45, 2.75) is 13.3 Å². The minimum Gasteiger partial charge on any atom is -0.368 e. The molecule has 0 amide bonds. The Bertz CT molecular complexity index is 499. The van der Waals surface area contributed by atoms with E-state index in [0.717, 1.165) is 18.8 Å². The van der Waals surface area contributed by atoms with E-state index in [0.29, 0.717) is 0 Å². The molecule has 0 spiro atoms. The van der Waals surface area contributed by atoms with Gasteiger partial charge in [0, 0.05) is 17.7 Å². The molecule has 3 rings (SSSR count). The first-order valence-corrected chi connectivity index (χ1v) is 5.23. The quantitative estimate of drug-likeness (QED) is 0.740. The van der Waals surface area contributed by atoms with E-state index in [9.17, 15) is 0 Å². The summed E-state index contributed by atoms with van der Waals surface area (Å²) in [6.07, 6.45) is 1.06. The van der Waals surface area contributed by atoms with Crippen LogP contribution >= 0.6 is 0 Å². The second-order valence-corrected chi connectivity index (χ2v) is 3.92. The predicted octanol–water partition coefficient (Wildman–Crippen LogP) is 2.35. The van der Waals surface area contributed by atoms with Crippen LogP contribution in [0.5, 0.6) is 0 Å². The number of rotatable bonds is 1. The Morgan fingerprint density at radius 2 is 2.13 bits per heavy atom. The lowest BCUT2D eigenvalue weighted by Gasteiger charge is -2.03.